The molecule has 0 saturated heterocycles. The molecule has 1 N–H and O–H groups in total. The highest BCUT2D eigenvalue weighted by molar-refractivity contribution is 6.00. The second-order valence-electron chi connectivity index (χ2n) is 6.79. The van der Waals surface area contributed by atoms with E-state index in [-0.39, 0.29) is 18.1 Å². The topological polar surface area (TPSA) is 73.2 Å². The van der Waals surface area contributed by atoms with Crippen molar-refractivity contribution in [3.8, 4) is 5.69 Å². The first-order valence-electron chi connectivity index (χ1n) is 10.3. The number of hydrogen-bond acceptors (Lipinski definition) is 4. The lowest BCUT2D eigenvalue weighted by atomic mass is 10.1. The zero-order valence-electron chi connectivity index (χ0n) is 16.9. The molecule has 1 amide bonds. The van der Waals surface area contributed by atoms with Gasteiger partial charge in [-0.3, -0.25) is 4.79 Å². The van der Waals surface area contributed by atoms with E-state index in [4.69, 9.17) is 4.74 Å². The number of hydrogen-bond donors (Lipinski definition) is 1. The number of amides is 1. The van der Waals surface area contributed by atoms with Crippen molar-refractivity contribution >= 4 is 17.7 Å². The molecule has 0 fully saturated rings. The fraction of sp³-hybridized carbons (Fsp3) is 0.500. The number of benzene rings is 1. The zero-order chi connectivity index (χ0) is 20.2. The Bertz CT molecular complexity index is 741. The van der Waals surface area contributed by atoms with E-state index in [9.17, 15) is 9.59 Å². The number of unbranched alkanes of at least 4 members (excludes halogenated alkanes) is 6. The van der Waals surface area contributed by atoms with Gasteiger partial charge < -0.3 is 10.1 Å². The number of carbonyl (C=O) groups is 2. The van der Waals surface area contributed by atoms with Gasteiger partial charge in [-0.2, -0.15) is 5.10 Å². The molecule has 0 spiro atoms. The Kier molecular flexibility index (Phi) is 9.25. The Hall–Kier alpha value is -2.63. The number of rotatable bonds is 12. The summed E-state index contributed by atoms with van der Waals surface area (Å²) in [4.78, 5) is 24.7. The van der Waals surface area contributed by atoms with Crippen molar-refractivity contribution in [1.29, 1.82) is 0 Å². The van der Waals surface area contributed by atoms with Crippen molar-refractivity contribution in [1.82, 2.24) is 9.78 Å². The predicted octanol–water partition coefficient (Wildman–Crippen LogP) is 5.13. The van der Waals surface area contributed by atoms with Crippen LogP contribution in [-0.2, 0) is 9.53 Å². The van der Waals surface area contributed by atoms with E-state index < -0.39 is 5.97 Å². The van der Waals surface area contributed by atoms with Crippen molar-refractivity contribution in [2.24, 2.45) is 0 Å². The van der Waals surface area contributed by atoms with Crippen LogP contribution >= 0.6 is 0 Å². The van der Waals surface area contributed by atoms with E-state index in [1.165, 1.54) is 31.9 Å². The minimum Gasteiger partial charge on any atom is -0.462 e. The van der Waals surface area contributed by atoms with Gasteiger partial charge in [0, 0.05) is 6.42 Å². The summed E-state index contributed by atoms with van der Waals surface area (Å²) in [7, 11) is 0. The fourth-order valence-corrected chi connectivity index (χ4v) is 3.03. The molecule has 0 aliphatic heterocycles. The highest BCUT2D eigenvalue weighted by atomic mass is 16.5. The van der Waals surface area contributed by atoms with Crippen molar-refractivity contribution in [2.45, 2.75) is 65.2 Å². The van der Waals surface area contributed by atoms with Crippen LogP contribution < -0.4 is 5.32 Å². The van der Waals surface area contributed by atoms with Gasteiger partial charge in [0.15, 0.2) is 5.82 Å². The molecule has 1 aromatic carbocycles. The van der Waals surface area contributed by atoms with Crippen LogP contribution in [0.5, 0.6) is 0 Å². The Balaban J connectivity index is 2.00. The van der Waals surface area contributed by atoms with Gasteiger partial charge in [-0.25, -0.2) is 9.48 Å². The van der Waals surface area contributed by atoms with Crippen LogP contribution in [0.3, 0.4) is 0 Å². The molecule has 2 aromatic rings. The SMILES string of the molecule is CCCCCCCCCC(=O)Nc1c(C(=O)OCC)cnn1-c1ccccc1. The zero-order valence-corrected chi connectivity index (χ0v) is 16.9. The lowest BCUT2D eigenvalue weighted by Crippen LogP contribution is -2.17. The first kappa shape index (κ1) is 21.7. The summed E-state index contributed by atoms with van der Waals surface area (Å²) in [6.45, 7) is 4.22. The molecule has 0 atom stereocenters. The molecule has 1 heterocycles. The third-order valence-corrected chi connectivity index (χ3v) is 4.53. The lowest BCUT2D eigenvalue weighted by molar-refractivity contribution is -0.116. The second-order valence-corrected chi connectivity index (χ2v) is 6.79. The molecular weight excluding hydrogens is 354 g/mol. The van der Waals surface area contributed by atoms with Gasteiger partial charge in [-0.15, -0.1) is 0 Å². The monoisotopic (exact) mass is 385 g/mol. The molecule has 28 heavy (non-hydrogen) atoms. The number of anilines is 1. The number of ether oxygens (including phenoxy) is 1. The van der Waals surface area contributed by atoms with Crippen LogP contribution in [0.25, 0.3) is 5.69 Å². The van der Waals surface area contributed by atoms with E-state index in [1.807, 2.05) is 30.3 Å². The minimum absolute atomic E-state index is 0.114. The van der Waals surface area contributed by atoms with Crippen molar-refractivity contribution in [2.75, 3.05) is 11.9 Å². The maximum atomic E-state index is 12.5. The highest BCUT2D eigenvalue weighted by Crippen LogP contribution is 2.22. The third-order valence-electron chi connectivity index (χ3n) is 4.53. The summed E-state index contributed by atoms with van der Waals surface area (Å²) < 4.78 is 6.67. The van der Waals surface area contributed by atoms with E-state index in [2.05, 4.69) is 17.3 Å². The van der Waals surface area contributed by atoms with Gasteiger partial charge in [-0.05, 0) is 25.5 Å². The molecule has 6 heteroatoms. The maximum Gasteiger partial charge on any atom is 0.343 e. The summed E-state index contributed by atoms with van der Waals surface area (Å²) in [6, 6.07) is 9.40. The van der Waals surface area contributed by atoms with Crippen molar-refractivity contribution in [3.63, 3.8) is 0 Å². The van der Waals surface area contributed by atoms with Crippen LogP contribution in [0.4, 0.5) is 5.82 Å². The molecular formula is C22H31N3O3. The summed E-state index contributed by atoms with van der Waals surface area (Å²) in [5.74, 6) is -0.245. The first-order chi connectivity index (χ1) is 13.7. The number of aromatic nitrogens is 2. The Morgan fingerprint density at radius 3 is 2.36 bits per heavy atom. The molecule has 2 rings (SSSR count). The molecule has 0 unspecified atom stereocenters. The largest absolute Gasteiger partial charge is 0.462 e. The number of nitrogens with one attached hydrogen (secondary N) is 1. The molecule has 0 aliphatic carbocycles. The average molecular weight is 386 g/mol. The highest BCUT2D eigenvalue weighted by Gasteiger charge is 2.21. The van der Waals surface area contributed by atoms with Crippen LogP contribution in [-0.4, -0.2) is 28.3 Å². The number of nitrogens with zero attached hydrogens (tertiary/aromatic N) is 2. The molecule has 6 nitrogen and oxygen atoms in total. The number of carbonyl (C=O) groups excluding carboxylic acids is 2. The smallest absolute Gasteiger partial charge is 0.343 e. The van der Waals surface area contributed by atoms with Crippen LogP contribution in [0.1, 0.15) is 75.6 Å². The average Bonchev–Trinajstić information content (AvgIpc) is 3.11. The lowest BCUT2D eigenvalue weighted by Gasteiger charge is -2.11. The molecule has 0 aliphatic rings. The first-order valence-corrected chi connectivity index (χ1v) is 10.3. The van der Waals surface area contributed by atoms with Gasteiger partial charge in [0.05, 0.1) is 18.5 Å². The van der Waals surface area contributed by atoms with Crippen LogP contribution in [0.15, 0.2) is 36.5 Å². The second kappa shape index (κ2) is 12.0. The predicted molar refractivity (Wildman–Crippen MR) is 111 cm³/mol. The summed E-state index contributed by atoms with van der Waals surface area (Å²) in [6.07, 6.45) is 9.91. The van der Waals surface area contributed by atoms with Gasteiger partial charge in [0.2, 0.25) is 5.91 Å². The summed E-state index contributed by atoms with van der Waals surface area (Å²) in [5, 5.41) is 7.15. The summed E-state index contributed by atoms with van der Waals surface area (Å²) in [5.41, 5.74) is 1.03. The maximum absolute atomic E-state index is 12.5. The molecule has 152 valence electrons. The Morgan fingerprint density at radius 2 is 1.68 bits per heavy atom. The quantitative estimate of drug-likeness (QED) is 0.406. The van der Waals surface area contributed by atoms with Gasteiger partial charge in [-0.1, -0.05) is 63.6 Å². The third kappa shape index (κ3) is 6.51. The van der Waals surface area contributed by atoms with E-state index in [0.29, 0.717) is 12.2 Å². The van der Waals surface area contributed by atoms with E-state index >= 15 is 0 Å². The normalized spacial score (nSPS) is 10.6. The number of para-hydroxylation sites is 1. The van der Waals surface area contributed by atoms with Gasteiger partial charge in [0.1, 0.15) is 5.56 Å². The summed E-state index contributed by atoms with van der Waals surface area (Å²) >= 11 is 0. The van der Waals surface area contributed by atoms with Gasteiger partial charge >= 0.3 is 5.97 Å². The fourth-order valence-electron chi connectivity index (χ4n) is 3.03. The minimum atomic E-state index is -0.490. The van der Waals surface area contributed by atoms with E-state index in [1.54, 1.807) is 11.6 Å². The molecule has 0 radical (unpaired) electrons. The number of esters is 1. The standard InChI is InChI=1S/C22H31N3O3/c1-3-5-6-7-8-9-13-16-20(26)24-21-19(22(27)28-4-2)17-23-25(21)18-14-11-10-12-15-18/h10-12,14-15,17H,3-9,13,16H2,1-2H3,(H,24,26). The van der Waals surface area contributed by atoms with Gasteiger partial charge in [0.25, 0.3) is 0 Å². The van der Waals surface area contributed by atoms with Crippen LogP contribution in [0.2, 0.25) is 0 Å². The van der Waals surface area contributed by atoms with Crippen molar-refractivity contribution in [3.05, 3.63) is 42.1 Å². The van der Waals surface area contributed by atoms with E-state index in [0.717, 1.165) is 24.9 Å². The molecule has 0 bridgehead atoms. The Morgan fingerprint density at radius 1 is 1.00 bits per heavy atom. The Labute approximate surface area is 167 Å². The molecule has 0 saturated carbocycles. The molecule has 1 aromatic heterocycles. The van der Waals surface area contributed by atoms with Crippen LogP contribution in [0, 0.1) is 0 Å². The van der Waals surface area contributed by atoms with Crippen molar-refractivity contribution < 1.29 is 14.3 Å².